The van der Waals surface area contributed by atoms with Crippen LogP contribution in [-0.4, -0.2) is 17.1 Å². The number of alkyl halides is 1. The molecule has 1 heterocycles. The SMILES string of the molecule is ClC1CCCCCC1CC1CCC2(CCCC2)O1. The first-order valence-corrected chi connectivity index (χ1v) is 8.53. The van der Waals surface area contributed by atoms with E-state index in [2.05, 4.69) is 0 Å². The number of halogens is 1. The molecule has 2 aliphatic carbocycles. The summed E-state index contributed by atoms with van der Waals surface area (Å²) in [5, 5.41) is 0.413. The van der Waals surface area contributed by atoms with Crippen molar-refractivity contribution in [1.29, 1.82) is 0 Å². The number of hydrogen-bond acceptors (Lipinski definition) is 1. The highest BCUT2D eigenvalue weighted by atomic mass is 35.5. The second kappa shape index (κ2) is 5.71. The molecular weight excluding hydrogens is 244 g/mol. The molecule has 2 saturated carbocycles. The van der Waals surface area contributed by atoms with E-state index in [4.69, 9.17) is 16.3 Å². The molecule has 3 fully saturated rings. The van der Waals surface area contributed by atoms with E-state index in [1.807, 2.05) is 0 Å². The van der Waals surface area contributed by atoms with Gasteiger partial charge in [0.1, 0.15) is 0 Å². The first-order chi connectivity index (χ1) is 8.77. The van der Waals surface area contributed by atoms with Crippen LogP contribution in [0.4, 0.5) is 0 Å². The van der Waals surface area contributed by atoms with E-state index >= 15 is 0 Å². The third kappa shape index (κ3) is 2.88. The zero-order valence-electron chi connectivity index (χ0n) is 11.5. The van der Waals surface area contributed by atoms with Crippen molar-refractivity contribution in [2.75, 3.05) is 0 Å². The monoisotopic (exact) mass is 270 g/mol. The van der Waals surface area contributed by atoms with Crippen LogP contribution in [0.25, 0.3) is 0 Å². The van der Waals surface area contributed by atoms with Crippen LogP contribution in [0.5, 0.6) is 0 Å². The lowest BCUT2D eigenvalue weighted by Crippen LogP contribution is -2.27. The van der Waals surface area contributed by atoms with E-state index in [-0.39, 0.29) is 0 Å². The molecule has 0 aromatic carbocycles. The van der Waals surface area contributed by atoms with Gasteiger partial charge in [0, 0.05) is 5.38 Å². The second-order valence-electron chi connectivity index (χ2n) is 6.82. The van der Waals surface area contributed by atoms with Crippen molar-refractivity contribution in [3.05, 3.63) is 0 Å². The highest BCUT2D eigenvalue weighted by molar-refractivity contribution is 6.20. The Kier molecular flexibility index (Phi) is 4.20. The van der Waals surface area contributed by atoms with E-state index in [0.29, 0.717) is 17.1 Å². The Labute approximate surface area is 117 Å². The molecule has 1 nitrogen and oxygen atoms in total. The van der Waals surface area contributed by atoms with Crippen molar-refractivity contribution in [3.63, 3.8) is 0 Å². The first-order valence-electron chi connectivity index (χ1n) is 8.09. The molecule has 18 heavy (non-hydrogen) atoms. The molecule has 0 N–H and O–H groups in total. The van der Waals surface area contributed by atoms with Crippen LogP contribution in [0.2, 0.25) is 0 Å². The molecule has 0 radical (unpaired) electrons. The molecule has 1 saturated heterocycles. The van der Waals surface area contributed by atoms with E-state index < -0.39 is 0 Å². The lowest BCUT2D eigenvalue weighted by atomic mass is 9.91. The molecular formula is C16H27ClO. The Morgan fingerprint density at radius 1 is 0.889 bits per heavy atom. The van der Waals surface area contributed by atoms with Crippen LogP contribution in [0.3, 0.4) is 0 Å². The molecule has 0 aromatic heterocycles. The molecule has 0 amide bonds. The quantitative estimate of drug-likeness (QED) is 0.504. The maximum Gasteiger partial charge on any atom is 0.0687 e. The van der Waals surface area contributed by atoms with Gasteiger partial charge in [0.05, 0.1) is 11.7 Å². The Morgan fingerprint density at radius 2 is 1.67 bits per heavy atom. The van der Waals surface area contributed by atoms with Crippen LogP contribution in [0, 0.1) is 5.92 Å². The van der Waals surface area contributed by atoms with Gasteiger partial charge in [-0.15, -0.1) is 11.6 Å². The lowest BCUT2D eigenvalue weighted by Gasteiger charge is -2.27. The smallest absolute Gasteiger partial charge is 0.0687 e. The lowest BCUT2D eigenvalue weighted by molar-refractivity contribution is -0.0446. The van der Waals surface area contributed by atoms with Gasteiger partial charge in [0.2, 0.25) is 0 Å². The van der Waals surface area contributed by atoms with E-state index in [1.165, 1.54) is 77.0 Å². The van der Waals surface area contributed by atoms with Gasteiger partial charge in [-0.3, -0.25) is 0 Å². The summed E-state index contributed by atoms with van der Waals surface area (Å²) >= 11 is 6.56. The third-order valence-electron chi connectivity index (χ3n) is 5.49. The molecule has 3 rings (SSSR count). The largest absolute Gasteiger partial charge is 0.372 e. The molecule has 104 valence electrons. The van der Waals surface area contributed by atoms with Crippen molar-refractivity contribution < 1.29 is 4.74 Å². The van der Waals surface area contributed by atoms with Crippen LogP contribution in [-0.2, 0) is 4.74 Å². The Morgan fingerprint density at radius 3 is 2.50 bits per heavy atom. The van der Waals surface area contributed by atoms with Crippen LogP contribution in [0.15, 0.2) is 0 Å². The fraction of sp³-hybridized carbons (Fsp3) is 1.00. The topological polar surface area (TPSA) is 9.23 Å². The molecule has 3 atom stereocenters. The molecule has 1 spiro atoms. The summed E-state index contributed by atoms with van der Waals surface area (Å²) in [7, 11) is 0. The molecule has 3 aliphatic rings. The fourth-order valence-corrected chi connectivity index (χ4v) is 4.77. The Balaban J connectivity index is 1.53. The summed E-state index contributed by atoms with van der Waals surface area (Å²) in [6.07, 6.45) is 16.4. The zero-order chi connectivity index (χ0) is 12.4. The highest BCUT2D eigenvalue weighted by Crippen LogP contribution is 2.45. The number of rotatable bonds is 2. The van der Waals surface area contributed by atoms with Gasteiger partial charge in [-0.05, 0) is 50.9 Å². The maximum absolute atomic E-state index is 6.56. The van der Waals surface area contributed by atoms with Gasteiger partial charge in [-0.1, -0.05) is 32.1 Å². The summed E-state index contributed by atoms with van der Waals surface area (Å²) in [5.41, 5.74) is 0.303. The van der Waals surface area contributed by atoms with Crippen molar-refractivity contribution in [3.8, 4) is 0 Å². The Bertz CT molecular complexity index is 272. The predicted octanol–water partition coefficient (Wildman–Crippen LogP) is 5.06. The fourth-order valence-electron chi connectivity index (χ4n) is 4.39. The van der Waals surface area contributed by atoms with Crippen molar-refractivity contribution in [2.24, 2.45) is 5.92 Å². The summed E-state index contributed by atoms with van der Waals surface area (Å²) in [6.45, 7) is 0. The molecule has 0 bridgehead atoms. The minimum absolute atomic E-state index is 0.303. The van der Waals surface area contributed by atoms with Crippen LogP contribution in [0.1, 0.15) is 77.0 Å². The summed E-state index contributed by atoms with van der Waals surface area (Å²) in [6, 6.07) is 0. The average Bonchev–Trinajstić information content (AvgIpc) is 2.93. The van der Waals surface area contributed by atoms with Gasteiger partial charge < -0.3 is 4.74 Å². The molecule has 3 unspecified atom stereocenters. The van der Waals surface area contributed by atoms with Gasteiger partial charge >= 0.3 is 0 Å². The summed E-state index contributed by atoms with van der Waals surface area (Å²) < 4.78 is 6.44. The maximum atomic E-state index is 6.56. The average molecular weight is 271 g/mol. The van der Waals surface area contributed by atoms with Gasteiger partial charge in [-0.2, -0.15) is 0 Å². The highest BCUT2D eigenvalue weighted by Gasteiger charge is 2.42. The number of hydrogen-bond donors (Lipinski definition) is 0. The minimum Gasteiger partial charge on any atom is -0.372 e. The van der Waals surface area contributed by atoms with E-state index in [0.717, 1.165) is 5.92 Å². The molecule has 2 heteroatoms. The predicted molar refractivity (Wildman–Crippen MR) is 76.1 cm³/mol. The van der Waals surface area contributed by atoms with Crippen molar-refractivity contribution in [2.45, 2.75) is 94.1 Å². The normalized spacial score (nSPS) is 40.2. The number of ether oxygens (including phenoxy) is 1. The minimum atomic E-state index is 0.303. The third-order valence-corrected chi connectivity index (χ3v) is 6.06. The standard InChI is InChI=1S/C16H27ClO/c17-15-7-3-1-2-6-13(15)12-14-8-11-16(18-14)9-4-5-10-16/h13-15H,1-12H2. The van der Waals surface area contributed by atoms with Crippen LogP contribution < -0.4 is 0 Å². The van der Waals surface area contributed by atoms with Crippen LogP contribution >= 0.6 is 11.6 Å². The van der Waals surface area contributed by atoms with E-state index in [9.17, 15) is 0 Å². The van der Waals surface area contributed by atoms with Crippen molar-refractivity contribution >= 4 is 11.6 Å². The zero-order valence-corrected chi connectivity index (χ0v) is 12.3. The van der Waals surface area contributed by atoms with Gasteiger partial charge in [-0.25, -0.2) is 0 Å². The van der Waals surface area contributed by atoms with E-state index in [1.54, 1.807) is 0 Å². The summed E-state index contributed by atoms with van der Waals surface area (Å²) in [5.74, 6) is 0.718. The summed E-state index contributed by atoms with van der Waals surface area (Å²) in [4.78, 5) is 0. The Hall–Kier alpha value is 0.250. The molecule has 1 aliphatic heterocycles. The first kappa shape index (κ1) is 13.2. The molecule has 0 aromatic rings. The van der Waals surface area contributed by atoms with Gasteiger partial charge in [0.15, 0.2) is 0 Å². The second-order valence-corrected chi connectivity index (χ2v) is 7.38. The van der Waals surface area contributed by atoms with Crippen molar-refractivity contribution in [1.82, 2.24) is 0 Å². The van der Waals surface area contributed by atoms with Gasteiger partial charge in [0.25, 0.3) is 0 Å².